The van der Waals surface area contributed by atoms with Gasteiger partial charge in [0.25, 0.3) is 0 Å². The highest BCUT2D eigenvalue weighted by molar-refractivity contribution is 7.90. The van der Waals surface area contributed by atoms with E-state index in [-0.39, 0.29) is 11.3 Å². The number of anilines is 1. The maximum absolute atomic E-state index is 12.2. The molecule has 0 spiro atoms. The van der Waals surface area contributed by atoms with E-state index in [0.717, 1.165) is 54.5 Å². The first-order chi connectivity index (χ1) is 11.5. The average molecular weight is 346 g/mol. The zero-order valence-electron chi connectivity index (χ0n) is 13.8. The second kappa shape index (κ2) is 5.97. The van der Waals surface area contributed by atoms with Crippen molar-refractivity contribution in [3.63, 3.8) is 0 Å². The minimum absolute atomic E-state index is 0.0498. The normalized spacial score (nSPS) is 22.0. The van der Waals surface area contributed by atoms with Crippen molar-refractivity contribution < 1.29 is 8.42 Å². The van der Waals surface area contributed by atoms with Crippen molar-refractivity contribution >= 4 is 26.6 Å². The Morgan fingerprint density at radius 2 is 1.88 bits per heavy atom. The lowest BCUT2D eigenvalue weighted by Crippen LogP contribution is -2.48. The molecular weight excluding hydrogens is 324 g/mol. The highest BCUT2D eigenvalue weighted by Gasteiger charge is 2.37. The number of nitrogens with one attached hydrogen (secondary N) is 1. The van der Waals surface area contributed by atoms with Crippen LogP contribution in [0.3, 0.4) is 0 Å². The van der Waals surface area contributed by atoms with Crippen LogP contribution in [-0.2, 0) is 10.0 Å². The smallest absolute Gasteiger partial charge is 0.214 e. The summed E-state index contributed by atoms with van der Waals surface area (Å²) in [6.45, 7) is 3.49. The molecule has 1 atom stereocenters. The van der Waals surface area contributed by atoms with Crippen LogP contribution in [0.2, 0.25) is 0 Å². The van der Waals surface area contributed by atoms with Crippen molar-refractivity contribution in [2.75, 3.05) is 18.0 Å². The van der Waals surface area contributed by atoms with Crippen molar-refractivity contribution in [3.05, 3.63) is 30.0 Å². The number of nitrogens with zero attached hydrogens (tertiary/aromatic N) is 3. The third-order valence-corrected chi connectivity index (χ3v) is 6.88. The predicted molar refractivity (Wildman–Crippen MR) is 94.6 cm³/mol. The van der Waals surface area contributed by atoms with Crippen LogP contribution in [0.1, 0.15) is 31.4 Å². The molecule has 2 heterocycles. The minimum atomic E-state index is -3.15. The number of hydrogen-bond acceptors (Lipinski definition) is 5. The Morgan fingerprint density at radius 3 is 2.62 bits per heavy atom. The van der Waals surface area contributed by atoms with E-state index in [4.69, 9.17) is 0 Å². The van der Waals surface area contributed by atoms with E-state index < -0.39 is 10.0 Å². The van der Waals surface area contributed by atoms with Crippen LogP contribution in [0.15, 0.2) is 24.3 Å². The van der Waals surface area contributed by atoms with Gasteiger partial charge in [0.15, 0.2) is 5.82 Å². The van der Waals surface area contributed by atoms with Gasteiger partial charge in [0.05, 0.1) is 10.9 Å². The van der Waals surface area contributed by atoms with Crippen molar-refractivity contribution in [1.29, 1.82) is 0 Å². The van der Waals surface area contributed by atoms with Crippen molar-refractivity contribution in [2.45, 2.75) is 43.9 Å². The van der Waals surface area contributed by atoms with Crippen LogP contribution in [0.5, 0.6) is 0 Å². The Kier molecular flexibility index (Phi) is 3.92. The fourth-order valence-corrected chi connectivity index (χ4v) is 5.04. The number of fused-ring (bicyclic) bond motifs is 1. The molecule has 128 valence electrons. The zero-order valence-corrected chi connectivity index (χ0v) is 14.6. The number of hydrogen-bond donors (Lipinski definition) is 1. The SMILES string of the molecule is Cc1nnc(N2CCCC(NS(=O)(=O)C3CC3)C2)c2ccccc12. The topological polar surface area (TPSA) is 75.2 Å². The summed E-state index contributed by atoms with van der Waals surface area (Å²) in [7, 11) is -3.15. The number of rotatable bonds is 4. The molecule has 7 heteroatoms. The molecule has 2 aromatic rings. The highest BCUT2D eigenvalue weighted by Crippen LogP contribution is 2.30. The van der Waals surface area contributed by atoms with Gasteiger partial charge in [-0.1, -0.05) is 24.3 Å². The number of benzene rings is 1. The summed E-state index contributed by atoms with van der Waals surface area (Å²) in [5, 5.41) is 10.7. The third kappa shape index (κ3) is 2.98. The molecule has 1 aliphatic heterocycles. The van der Waals surface area contributed by atoms with Gasteiger partial charge in [-0.25, -0.2) is 13.1 Å². The lowest BCUT2D eigenvalue weighted by Gasteiger charge is -2.34. The van der Waals surface area contributed by atoms with Gasteiger partial charge < -0.3 is 4.90 Å². The van der Waals surface area contributed by atoms with Gasteiger partial charge in [0.2, 0.25) is 10.0 Å². The molecule has 1 saturated carbocycles. The first kappa shape index (κ1) is 15.8. The van der Waals surface area contributed by atoms with E-state index >= 15 is 0 Å². The first-order valence-corrected chi connectivity index (χ1v) is 10.1. The standard InChI is InChI=1S/C17H22N4O2S/c1-12-15-6-2-3-7-16(15)17(19-18-12)21-10-4-5-13(11-21)20-24(22,23)14-8-9-14/h2-3,6-7,13-14,20H,4-5,8-11H2,1H3. The van der Waals surface area contributed by atoms with E-state index in [1.165, 1.54) is 0 Å². The molecule has 24 heavy (non-hydrogen) atoms. The third-order valence-electron chi connectivity index (χ3n) is 4.87. The van der Waals surface area contributed by atoms with Crippen LogP contribution in [0.4, 0.5) is 5.82 Å². The molecule has 1 aromatic heterocycles. The van der Waals surface area contributed by atoms with E-state index in [1.807, 2.05) is 19.1 Å². The predicted octanol–water partition coefficient (Wildman–Crippen LogP) is 1.99. The molecule has 4 rings (SSSR count). The maximum atomic E-state index is 12.2. The number of piperidine rings is 1. The van der Waals surface area contributed by atoms with Gasteiger partial charge in [-0.05, 0) is 32.6 Å². The molecule has 0 bridgehead atoms. The monoisotopic (exact) mass is 346 g/mol. The molecule has 0 radical (unpaired) electrons. The quantitative estimate of drug-likeness (QED) is 0.916. The summed E-state index contributed by atoms with van der Waals surface area (Å²) in [4.78, 5) is 2.17. The van der Waals surface area contributed by atoms with Crippen LogP contribution >= 0.6 is 0 Å². The van der Waals surface area contributed by atoms with Gasteiger partial charge in [0.1, 0.15) is 0 Å². The summed E-state index contributed by atoms with van der Waals surface area (Å²) < 4.78 is 27.3. The molecule has 2 fully saturated rings. The summed E-state index contributed by atoms with van der Waals surface area (Å²) >= 11 is 0. The Morgan fingerprint density at radius 1 is 1.12 bits per heavy atom. The fourth-order valence-electron chi connectivity index (χ4n) is 3.43. The number of sulfonamides is 1. The molecule has 1 aromatic carbocycles. The van der Waals surface area contributed by atoms with Gasteiger partial charge in [-0.2, -0.15) is 5.10 Å². The Bertz CT molecular complexity index is 864. The second-order valence-electron chi connectivity index (χ2n) is 6.80. The van der Waals surface area contributed by atoms with Crippen LogP contribution in [-0.4, -0.2) is 43.0 Å². The van der Waals surface area contributed by atoms with Crippen molar-refractivity contribution in [3.8, 4) is 0 Å². The first-order valence-electron chi connectivity index (χ1n) is 8.53. The molecule has 2 aliphatic rings. The van der Waals surface area contributed by atoms with E-state index in [9.17, 15) is 8.42 Å². The van der Waals surface area contributed by atoms with Gasteiger partial charge in [0, 0.05) is 29.9 Å². The van der Waals surface area contributed by atoms with Crippen LogP contribution in [0, 0.1) is 6.92 Å². The summed E-state index contributed by atoms with van der Waals surface area (Å²) in [5.74, 6) is 0.853. The largest absolute Gasteiger partial charge is 0.353 e. The minimum Gasteiger partial charge on any atom is -0.353 e. The zero-order chi connectivity index (χ0) is 16.7. The summed E-state index contributed by atoms with van der Waals surface area (Å²) in [6.07, 6.45) is 3.40. The highest BCUT2D eigenvalue weighted by atomic mass is 32.2. The molecule has 0 amide bonds. The Labute approximate surface area is 142 Å². The van der Waals surface area contributed by atoms with Crippen molar-refractivity contribution in [2.24, 2.45) is 0 Å². The lowest BCUT2D eigenvalue weighted by atomic mass is 10.1. The molecular formula is C17H22N4O2S. The van der Waals surface area contributed by atoms with E-state index in [1.54, 1.807) is 0 Å². The van der Waals surface area contributed by atoms with E-state index in [0.29, 0.717) is 6.54 Å². The number of aromatic nitrogens is 2. The second-order valence-corrected chi connectivity index (χ2v) is 8.79. The van der Waals surface area contributed by atoms with Crippen LogP contribution < -0.4 is 9.62 Å². The van der Waals surface area contributed by atoms with Crippen LogP contribution in [0.25, 0.3) is 10.8 Å². The molecule has 1 saturated heterocycles. The number of aryl methyl sites for hydroxylation is 1. The lowest BCUT2D eigenvalue weighted by molar-refractivity contribution is 0.463. The maximum Gasteiger partial charge on any atom is 0.214 e. The molecule has 6 nitrogen and oxygen atoms in total. The Hall–Kier alpha value is -1.73. The molecule has 1 N–H and O–H groups in total. The van der Waals surface area contributed by atoms with E-state index in [2.05, 4.69) is 32.0 Å². The fraction of sp³-hybridized carbons (Fsp3) is 0.529. The van der Waals surface area contributed by atoms with Gasteiger partial charge in [-0.15, -0.1) is 5.10 Å². The van der Waals surface area contributed by atoms with Crippen molar-refractivity contribution in [1.82, 2.24) is 14.9 Å². The van der Waals surface area contributed by atoms with Gasteiger partial charge in [-0.3, -0.25) is 0 Å². The summed E-state index contributed by atoms with van der Waals surface area (Å²) in [5.41, 5.74) is 0.914. The van der Waals surface area contributed by atoms with Gasteiger partial charge >= 0.3 is 0 Å². The summed E-state index contributed by atoms with van der Waals surface area (Å²) in [6, 6.07) is 8.07. The molecule has 1 aliphatic carbocycles. The Balaban J connectivity index is 1.59. The molecule has 1 unspecified atom stereocenters. The average Bonchev–Trinajstić information content (AvgIpc) is 3.41.